The average molecular weight is 340 g/mol. The summed E-state index contributed by atoms with van der Waals surface area (Å²) in [5.41, 5.74) is 8.29. The molecule has 0 bridgehead atoms. The Labute approximate surface area is 155 Å². The molecule has 0 amide bonds. The highest BCUT2D eigenvalue weighted by Gasteiger charge is 2.37. The van der Waals surface area contributed by atoms with E-state index >= 15 is 0 Å². The molecule has 0 aromatic heterocycles. The molecular formula is C25H24O. The summed E-state index contributed by atoms with van der Waals surface area (Å²) in [5, 5.41) is 11.7. The van der Waals surface area contributed by atoms with Crippen LogP contribution in [0.3, 0.4) is 0 Å². The van der Waals surface area contributed by atoms with Gasteiger partial charge in [-0.15, -0.1) is 0 Å². The standard InChI is InChI=1S/C25H24O/c26-25(15-7-2-8-16-25)24-21(18-9-3-1-4-10-18)13-14-22-20-12-6-5-11-19(20)17-23(22)24/h1,3-6,9-14,26H,2,7-8,15-17H2. The van der Waals surface area contributed by atoms with Crippen LogP contribution >= 0.6 is 0 Å². The largest absolute Gasteiger partial charge is 0.385 e. The van der Waals surface area contributed by atoms with Crippen LogP contribution in [0.25, 0.3) is 22.3 Å². The molecule has 0 radical (unpaired) electrons. The second kappa shape index (κ2) is 6.10. The number of hydrogen-bond donors (Lipinski definition) is 1. The van der Waals surface area contributed by atoms with E-state index in [0.29, 0.717) is 0 Å². The van der Waals surface area contributed by atoms with Crippen LogP contribution in [-0.4, -0.2) is 5.11 Å². The normalized spacial score (nSPS) is 17.6. The quantitative estimate of drug-likeness (QED) is 0.469. The average Bonchev–Trinajstić information content (AvgIpc) is 3.07. The van der Waals surface area contributed by atoms with E-state index in [9.17, 15) is 5.11 Å². The fraction of sp³-hybridized carbons (Fsp3) is 0.280. The third kappa shape index (κ3) is 2.42. The van der Waals surface area contributed by atoms with Gasteiger partial charge in [0.2, 0.25) is 0 Å². The van der Waals surface area contributed by atoms with E-state index in [4.69, 9.17) is 0 Å². The lowest BCUT2D eigenvalue weighted by atomic mass is 9.74. The first-order valence-electron chi connectivity index (χ1n) is 9.79. The van der Waals surface area contributed by atoms with Gasteiger partial charge in [0.25, 0.3) is 0 Å². The lowest BCUT2D eigenvalue weighted by Crippen LogP contribution is -2.30. The van der Waals surface area contributed by atoms with Gasteiger partial charge in [-0.2, -0.15) is 0 Å². The van der Waals surface area contributed by atoms with E-state index in [1.165, 1.54) is 45.4 Å². The second-order valence-electron chi connectivity index (χ2n) is 7.81. The Morgan fingerprint density at radius 3 is 2.15 bits per heavy atom. The topological polar surface area (TPSA) is 20.2 Å². The zero-order valence-corrected chi connectivity index (χ0v) is 15.0. The van der Waals surface area contributed by atoms with Crippen molar-refractivity contribution < 1.29 is 5.11 Å². The minimum Gasteiger partial charge on any atom is -0.385 e. The maximum Gasteiger partial charge on any atom is 0.0905 e. The molecule has 3 aromatic rings. The highest BCUT2D eigenvalue weighted by Crippen LogP contribution is 2.49. The van der Waals surface area contributed by atoms with E-state index < -0.39 is 5.60 Å². The number of hydrogen-bond acceptors (Lipinski definition) is 1. The Hall–Kier alpha value is -2.38. The molecule has 1 N–H and O–H groups in total. The van der Waals surface area contributed by atoms with Gasteiger partial charge in [0.05, 0.1) is 5.60 Å². The first kappa shape index (κ1) is 15.8. The van der Waals surface area contributed by atoms with Crippen molar-refractivity contribution in [2.75, 3.05) is 0 Å². The van der Waals surface area contributed by atoms with Gasteiger partial charge in [-0.25, -0.2) is 0 Å². The van der Waals surface area contributed by atoms with Crippen LogP contribution < -0.4 is 0 Å². The molecule has 2 aliphatic carbocycles. The van der Waals surface area contributed by atoms with Crippen molar-refractivity contribution in [1.29, 1.82) is 0 Å². The Bertz CT molecular complexity index is 949. The van der Waals surface area contributed by atoms with E-state index in [2.05, 4.69) is 66.7 Å². The van der Waals surface area contributed by atoms with Gasteiger partial charge in [-0.05, 0) is 58.2 Å². The van der Waals surface area contributed by atoms with Crippen LogP contribution in [0.4, 0.5) is 0 Å². The summed E-state index contributed by atoms with van der Waals surface area (Å²) >= 11 is 0. The third-order valence-electron chi connectivity index (χ3n) is 6.22. The van der Waals surface area contributed by atoms with Gasteiger partial charge in [0, 0.05) is 0 Å². The Morgan fingerprint density at radius 1 is 0.654 bits per heavy atom. The lowest BCUT2D eigenvalue weighted by molar-refractivity contribution is -0.000694. The van der Waals surface area contributed by atoms with Crippen LogP contribution in [0.5, 0.6) is 0 Å². The van der Waals surface area contributed by atoms with E-state index in [-0.39, 0.29) is 0 Å². The summed E-state index contributed by atoms with van der Waals surface area (Å²) in [5.74, 6) is 0. The molecule has 0 saturated heterocycles. The van der Waals surface area contributed by atoms with Crippen LogP contribution in [0.15, 0.2) is 66.7 Å². The summed E-state index contributed by atoms with van der Waals surface area (Å²) in [6.45, 7) is 0. The van der Waals surface area contributed by atoms with Crippen molar-refractivity contribution in [1.82, 2.24) is 0 Å². The van der Waals surface area contributed by atoms with E-state index in [1.807, 2.05) is 0 Å². The number of aliphatic hydroxyl groups is 1. The molecule has 5 rings (SSSR count). The van der Waals surface area contributed by atoms with Gasteiger partial charge in [0.1, 0.15) is 0 Å². The molecule has 0 aliphatic heterocycles. The highest BCUT2D eigenvalue weighted by atomic mass is 16.3. The first-order chi connectivity index (χ1) is 12.8. The predicted octanol–water partition coefficient (Wildman–Crippen LogP) is 6.08. The Kier molecular flexibility index (Phi) is 3.72. The molecule has 0 spiro atoms. The fourth-order valence-electron chi connectivity index (χ4n) is 4.99. The molecule has 130 valence electrons. The van der Waals surface area contributed by atoms with Crippen molar-refractivity contribution in [3.05, 3.63) is 83.4 Å². The van der Waals surface area contributed by atoms with Gasteiger partial charge < -0.3 is 5.11 Å². The second-order valence-corrected chi connectivity index (χ2v) is 7.81. The molecule has 1 nitrogen and oxygen atoms in total. The lowest BCUT2D eigenvalue weighted by Gasteiger charge is -2.36. The molecule has 1 fully saturated rings. The minimum absolute atomic E-state index is 0.698. The first-order valence-corrected chi connectivity index (χ1v) is 9.79. The molecule has 3 aromatic carbocycles. The molecular weight excluding hydrogens is 316 g/mol. The molecule has 26 heavy (non-hydrogen) atoms. The third-order valence-corrected chi connectivity index (χ3v) is 6.22. The zero-order chi connectivity index (χ0) is 17.6. The van der Waals surface area contributed by atoms with Crippen molar-refractivity contribution in [3.8, 4) is 22.3 Å². The summed E-state index contributed by atoms with van der Waals surface area (Å²) in [6, 6.07) is 23.8. The molecule has 0 unspecified atom stereocenters. The number of fused-ring (bicyclic) bond motifs is 3. The molecule has 0 atom stereocenters. The maximum atomic E-state index is 11.7. The summed E-state index contributed by atoms with van der Waals surface area (Å²) < 4.78 is 0. The highest BCUT2D eigenvalue weighted by molar-refractivity contribution is 5.83. The van der Waals surface area contributed by atoms with Crippen molar-refractivity contribution in [2.45, 2.75) is 44.1 Å². The van der Waals surface area contributed by atoms with Crippen LogP contribution in [0.2, 0.25) is 0 Å². The minimum atomic E-state index is -0.698. The fourth-order valence-corrected chi connectivity index (χ4v) is 4.99. The van der Waals surface area contributed by atoms with Crippen molar-refractivity contribution in [3.63, 3.8) is 0 Å². The van der Waals surface area contributed by atoms with E-state index in [1.54, 1.807) is 0 Å². The molecule has 1 heteroatoms. The maximum absolute atomic E-state index is 11.7. The monoisotopic (exact) mass is 340 g/mol. The van der Waals surface area contributed by atoms with E-state index in [0.717, 1.165) is 32.1 Å². The van der Waals surface area contributed by atoms with Gasteiger partial charge in [-0.3, -0.25) is 0 Å². The predicted molar refractivity (Wildman–Crippen MR) is 107 cm³/mol. The Morgan fingerprint density at radius 2 is 1.35 bits per heavy atom. The van der Waals surface area contributed by atoms with Gasteiger partial charge in [0.15, 0.2) is 0 Å². The Balaban J connectivity index is 1.77. The van der Waals surface area contributed by atoms with Gasteiger partial charge in [-0.1, -0.05) is 86.0 Å². The van der Waals surface area contributed by atoms with Crippen LogP contribution in [0, 0.1) is 0 Å². The smallest absolute Gasteiger partial charge is 0.0905 e. The molecule has 2 aliphatic rings. The SMILES string of the molecule is OC1(c2c(-c3ccccc3)ccc3c2Cc2ccccc2-3)CCCCC1. The van der Waals surface area contributed by atoms with Crippen molar-refractivity contribution >= 4 is 0 Å². The summed E-state index contributed by atoms with van der Waals surface area (Å²) in [7, 11) is 0. The molecule has 1 saturated carbocycles. The summed E-state index contributed by atoms with van der Waals surface area (Å²) in [6.07, 6.45) is 6.14. The number of benzene rings is 3. The van der Waals surface area contributed by atoms with Crippen LogP contribution in [-0.2, 0) is 12.0 Å². The zero-order valence-electron chi connectivity index (χ0n) is 15.0. The molecule has 0 heterocycles. The number of rotatable bonds is 2. The van der Waals surface area contributed by atoms with Crippen LogP contribution in [0.1, 0.15) is 48.8 Å². The van der Waals surface area contributed by atoms with Crippen molar-refractivity contribution in [2.24, 2.45) is 0 Å². The van der Waals surface area contributed by atoms with Gasteiger partial charge >= 0.3 is 0 Å². The summed E-state index contributed by atoms with van der Waals surface area (Å²) in [4.78, 5) is 0.